The summed E-state index contributed by atoms with van der Waals surface area (Å²) in [5.74, 6) is 1.61. The minimum absolute atomic E-state index is 0.0653. The molecule has 4 amide bonds. The Labute approximate surface area is 377 Å². The molecule has 2 aliphatic carbocycles. The zero-order valence-electron chi connectivity index (χ0n) is 35.5. The number of fused-ring (bicyclic) bond motifs is 5. The van der Waals surface area contributed by atoms with Crippen LogP contribution in [0.2, 0.25) is 0 Å². The molecule has 0 spiro atoms. The highest BCUT2D eigenvalue weighted by Crippen LogP contribution is 2.55. The molecule has 4 aliphatic rings. The first-order chi connectivity index (χ1) is 32.1. The summed E-state index contributed by atoms with van der Waals surface area (Å²) < 4.78 is 0. The standard InChI is InChI=1S/C52H44N8O6/c61-49(45(57-51(63)64)27-7-3-1-4-8-27)59-41-23-35(41)25-43(59)47-53-37-17-15-33(21-39(37)55-47)31-13-11-30-20-32(14-12-29(30)19-31)34-16-18-38-40(22-34)56-48(54-38)44-26-36-24-42(36)60(44)50(62)46(58-52(65)66)28-9-5-2-6-10-28/h1-22,35-36,41-46,57-58H,23-26H2,(H,53,55)(H,54,56)(H,63,64)(H,65,66)/t35-,36-,41-,42-,43+,44+,45-,46-/m1/s1. The monoisotopic (exact) mass is 876 g/mol. The van der Waals surface area contributed by atoms with Crippen molar-refractivity contribution in [1.82, 2.24) is 40.4 Å². The summed E-state index contributed by atoms with van der Waals surface area (Å²) in [6.45, 7) is 0. The Kier molecular flexibility index (Phi) is 9.19. The second-order valence-corrected chi connectivity index (χ2v) is 18.2. The molecule has 328 valence electrons. The molecule has 14 nitrogen and oxygen atoms in total. The van der Waals surface area contributed by atoms with Gasteiger partial charge in [0.15, 0.2) is 0 Å². The minimum Gasteiger partial charge on any atom is -0.465 e. The Morgan fingerprint density at radius 1 is 0.515 bits per heavy atom. The summed E-state index contributed by atoms with van der Waals surface area (Å²) in [4.78, 5) is 72.5. The predicted octanol–water partition coefficient (Wildman–Crippen LogP) is 9.27. The molecule has 8 atom stereocenters. The van der Waals surface area contributed by atoms with Crippen molar-refractivity contribution in [1.29, 1.82) is 0 Å². The number of aromatic nitrogens is 4. The molecular weight excluding hydrogens is 833 g/mol. The number of carbonyl (C=O) groups excluding carboxylic acids is 2. The molecule has 14 heteroatoms. The van der Waals surface area contributed by atoms with Crippen molar-refractivity contribution in [2.24, 2.45) is 11.8 Å². The number of imidazole rings is 2. The van der Waals surface area contributed by atoms with Gasteiger partial charge in [0.2, 0.25) is 0 Å². The van der Waals surface area contributed by atoms with Crippen molar-refractivity contribution in [2.45, 2.75) is 61.9 Å². The lowest BCUT2D eigenvalue weighted by Gasteiger charge is -2.30. The molecule has 6 N–H and O–H groups in total. The summed E-state index contributed by atoms with van der Waals surface area (Å²) in [6, 6.07) is 40.7. The van der Waals surface area contributed by atoms with E-state index in [4.69, 9.17) is 9.97 Å². The van der Waals surface area contributed by atoms with Gasteiger partial charge in [-0.3, -0.25) is 9.59 Å². The summed E-state index contributed by atoms with van der Waals surface area (Å²) >= 11 is 0. The Bertz CT molecular complexity index is 3040. The van der Waals surface area contributed by atoms with Gasteiger partial charge >= 0.3 is 12.2 Å². The number of hydrogen-bond acceptors (Lipinski definition) is 6. The minimum atomic E-state index is -1.25. The molecule has 12 rings (SSSR count). The van der Waals surface area contributed by atoms with Gasteiger partial charge in [-0.05, 0) is 118 Å². The number of carboxylic acid groups (broad SMARTS) is 2. The molecule has 6 aromatic carbocycles. The van der Waals surface area contributed by atoms with Crippen LogP contribution in [0, 0.1) is 11.8 Å². The van der Waals surface area contributed by atoms with Crippen molar-refractivity contribution in [2.75, 3.05) is 0 Å². The molecule has 0 bridgehead atoms. The molecule has 2 aliphatic heterocycles. The van der Waals surface area contributed by atoms with Crippen molar-refractivity contribution < 1.29 is 29.4 Å². The number of hydrogen-bond donors (Lipinski definition) is 6. The lowest BCUT2D eigenvalue weighted by Crippen LogP contribution is -2.44. The largest absolute Gasteiger partial charge is 0.465 e. The van der Waals surface area contributed by atoms with E-state index >= 15 is 0 Å². The average Bonchev–Trinajstić information content (AvgIpc) is 3.99. The number of nitrogens with one attached hydrogen (secondary N) is 4. The highest BCUT2D eigenvalue weighted by Gasteiger charge is 2.57. The summed E-state index contributed by atoms with van der Waals surface area (Å²) in [5, 5.41) is 26.4. The molecule has 2 saturated heterocycles. The van der Waals surface area contributed by atoms with Crippen LogP contribution in [0.15, 0.2) is 133 Å². The van der Waals surface area contributed by atoms with Crippen LogP contribution >= 0.6 is 0 Å². The van der Waals surface area contributed by atoms with Crippen molar-refractivity contribution >= 4 is 56.8 Å². The Hall–Kier alpha value is -8.00. The summed E-state index contributed by atoms with van der Waals surface area (Å²) in [6.07, 6.45) is 0.861. The topological polar surface area (TPSA) is 197 Å². The lowest BCUT2D eigenvalue weighted by molar-refractivity contribution is -0.136. The van der Waals surface area contributed by atoms with Gasteiger partial charge in [0.1, 0.15) is 23.7 Å². The van der Waals surface area contributed by atoms with E-state index in [9.17, 15) is 29.4 Å². The number of amides is 4. The number of aromatic amines is 2. The van der Waals surface area contributed by atoms with Crippen LogP contribution in [0.25, 0.3) is 55.1 Å². The van der Waals surface area contributed by atoms with Crippen LogP contribution in [-0.2, 0) is 9.59 Å². The first kappa shape index (κ1) is 39.6. The fourth-order valence-electron chi connectivity index (χ4n) is 10.8. The van der Waals surface area contributed by atoms with Crippen molar-refractivity contribution in [3.8, 4) is 22.3 Å². The van der Waals surface area contributed by atoms with Gasteiger partial charge in [-0.15, -0.1) is 0 Å². The molecule has 2 saturated carbocycles. The van der Waals surface area contributed by atoms with Gasteiger partial charge in [-0.1, -0.05) is 97.1 Å². The van der Waals surface area contributed by atoms with Crippen molar-refractivity contribution in [3.63, 3.8) is 0 Å². The SMILES string of the molecule is O=C(O)N[C@@H](C(=O)N1[C@@H]2C[C@@H]2C[C@H]1c1nc2ccc(-c3ccc4cc(-c5ccc6nc([C@@H]7C[C@H]8C[C@H]8N7C(=O)[C@H](NC(=O)O)c7ccccc7)[nH]c6c5)ccc4c3)cc2[nH]1)c1ccccc1. The van der Waals surface area contributed by atoms with Crippen LogP contribution in [0.4, 0.5) is 9.59 Å². The maximum absolute atomic E-state index is 14.1. The van der Waals surface area contributed by atoms with Crippen molar-refractivity contribution in [3.05, 3.63) is 156 Å². The number of rotatable bonds is 10. The third-order valence-corrected chi connectivity index (χ3v) is 14.2. The first-order valence-corrected chi connectivity index (χ1v) is 22.4. The van der Waals surface area contributed by atoms with E-state index in [-0.39, 0.29) is 36.0 Å². The summed E-state index contributed by atoms with van der Waals surface area (Å²) in [5.41, 5.74) is 8.68. The third-order valence-electron chi connectivity index (χ3n) is 14.2. The fraction of sp³-hybridized carbons (Fsp3) is 0.231. The van der Waals surface area contributed by atoms with Gasteiger partial charge in [0.25, 0.3) is 11.8 Å². The number of piperidine rings is 2. The summed E-state index contributed by atoms with van der Waals surface area (Å²) in [7, 11) is 0. The van der Waals surface area contributed by atoms with Crippen LogP contribution in [0.5, 0.6) is 0 Å². The van der Waals surface area contributed by atoms with Crippen LogP contribution in [0.3, 0.4) is 0 Å². The van der Waals surface area contributed by atoms with Gasteiger partial charge < -0.3 is 40.6 Å². The second-order valence-electron chi connectivity index (χ2n) is 18.2. The molecule has 2 aromatic heterocycles. The molecule has 66 heavy (non-hydrogen) atoms. The number of H-pyrrole nitrogens is 2. The molecule has 4 fully saturated rings. The fourth-order valence-corrected chi connectivity index (χ4v) is 10.8. The van der Waals surface area contributed by atoms with Crippen LogP contribution in [-0.4, -0.2) is 76.0 Å². The second kappa shape index (κ2) is 15.3. The quantitative estimate of drug-likeness (QED) is 0.0782. The normalized spacial score (nSPS) is 22.5. The molecule has 0 unspecified atom stereocenters. The Morgan fingerprint density at radius 3 is 1.32 bits per heavy atom. The zero-order chi connectivity index (χ0) is 44.8. The first-order valence-electron chi connectivity index (χ1n) is 22.4. The smallest absolute Gasteiger partial charge is 0.405 e. The zero-order valence-corrected chi connectivity index (χ0v) is 35.5. The molecule has 4 heterocycles. The average molecular weight is 877 g/mol. The number of carbonyl (C=O) groups is 4. The lowest BCUT2D eigenvalue weighted by atomic mass is 9.97. The van der Waals surface area contributed by atoms with Gasteiger partial charge in [0.05, 0.1) is 34.2 Å². The van der Waals surface area contributed by atoms with Crippen LogP contribution in [0.1, 0.15) is 72.6 Å². The van der Waals surface area contributed by atoms with E-state index in [1.807, 2.05) is 34.1 Å². The molecule has 8 aromatic rings. The molecule has 0 radical (unpaired) electrons. The van der Waals surface area contributed by atoms with E-state index in [1.54, 1.807) is 48.5 Å². The number of nitrogens with zero attached hydrogens (tertiary/aromatic N) is 4. The third kappa shape index (κ3) is 6.96. The Morgan fingerprint density at radius 2 is 0.909 bits per heavy atom. The van der Waals surface area contributed by atoms with E-state index in [1.165, 1.54) is 0 Å². The Balaban J connectivity index is 0.778. The predicted molar refractivity (Wildman–Crippen MR) is 247 cm³/mol. The van der Waals surface area contributed by atoms with Gasteiger partial charge in [-0.2, -0.15) is 0 Å². The van der Waals surface area contributed by atoms with Gasteiger partial charge in [0, 0.05) is 12.1 Å². The number of likely N-dealkylation sites (tertiary alicyclic amines) is 2. The van der Waals surface area contributed by atoms with Gasteiger partial charge in [-0.25, -0.2) is 19.6 Å². The van der Waals surface area contributed by atoms with E-state index in [0.717, 1.165) is 80.8 Å². The number of benzene rings is 6. The van der Waals surface area contributed by atoms with E-state index < -0.39 is 24.3 Å². The highest BCUT2D eigenvalue weighted by atomic mass is 16.4. The maximum Gasteiger partial charge on any atom is 0.405 e. The highest BCUT2D eigenvalue weighted by molar-refractivity contribution is 5.94. The van der Waals surface area contributed by atoms with E-state index in [0.29, 0.717) is 34.6 Å². The molecular formula is C52H44N8O6. The maximum atomic E-state index is 14.1. The van der Waals surface area contributed by atoms with E-state index in [2.05, 4.69) is 81.3 Å². The van der Waals surface area contributed by atoms with Crippen LogP contribution < -0.4 is 10.6 Å².